The minimum absolute atomic E-state index is 0.0938. The first-order valence-corrected chi connectivity index (χ1v) is 8.46. The van der Waals surface area contributed by atoms with Gasteiger partial charge >= 0.3 is 0 Å². The van der Waals surface area contributed by atoms with E-state index in [0.717, 1.165) is 18.4 Å². The molecule has 1 aromatic carbocycles. The molecular formula is C17H22ClNO3. The van der Waals surface area contributed by atoms with E-state index in [2.05, 4.69) is 0 Å². The van der Waals surface area contributed by atoms with Gasteiger partial charge < -0.3 is 14.7 Å². The van der Waals surface area contributed by atoms with Gasteiger partial charge in [-0.25, -0.2) is 0 Å². The molecule has 1 amide bonds. The number of amides is 1. The van der Waals surface area contributed by atoms with Gasteiger partial charge in [0.25, 0.3) is 5.91 Å². The molecule has 0 bridgehead atoms. The molecule has 0 atom stereocenters. The summed E-state index contributed by atoms with van der Waals surface area (Å²) in [5.41, 5.74) is 1.60. The molecule has 1 heterocycles. The molecular weight excluding hydrogens is 302 g/mol. The Morgan fingerprint density at radius 3 is 2.77 bits per heavy atom. The van der Waals surface area contributed by atoms with Crippen molar-refractivity contribution in [1.82, 2.24) is 4.90 Å². The van der Waals surface area contributed by atoms with Crippen LogP contribution in [0.5, 0.6) is 5.75 Å². The Bertz CT molecular complexity index is 555. The number of hydrogen-bond donors (Lipinski definition) is 1. The monoisotopic (exact) mass is 323 g/mol. The van der Waals surface area contributed by atoms with Crippen LogP contribution < -0.4 is 4.74 Å². The SMILES string of the molecule is O=C1c2ccc(OCCCO)c(Cl)c2CN1C1CCCCC1. The second-order valence-electron chi connectivity index (χ2n) is 6.05. The molecule has 120 valence electrons. The number of halogens is 1. The van der Waals surface area contributed by atoms with E-state index < -0.39 is 0 Å². The highest BCUT2D eigenvalue weighted by atomic mass is 35.5. The fraction of sp³-hybridized carbons (Fsp3) is 0.588. The van der Waals surface area contributed by atoms with E-state index in [1.165, 1.54) is 19.3 Å². The van der Waals surface area contributed by atoms with Crippen molar-refractivity contribution in [3.05, 3.63) is 28.3 Å². The molecule has 1 saturated carbocycles. The summed E-state index contributed by atoms with van der Waals surface area (Å²) >= 11 is 6.44. The minimum atomic E-state index is 0.0938. The van der Waals surface area contributed by atoms with E-state index in [-0.39, 0.29) is 12.5 Å². The summed E-state index contributed by atoms with van der Waals surface area (Å²) in [7, 11) is 0. The molecule has 0 radical (unpaired) electrons. The second-order valence-corrected chi connectivity index (χ2v) is 6.43. The van der Waals surface area contributed by atoms with Crippen LogP contribution in [0, 0.1) is 0 Å². The Balaban J connectivity index is 1.77. The van der Waals surface area contributed by atoms with Crippen LogP contribution in [0.15, 0.2) is 12.1 Å². The van der Waals surface area contributed by atoms with Gasteiger partial charge in [-0.15, -0.1) is 0 Å². The van der Waals surface area contributed by atoms with Gasteiger partial charge in [-0.1, -0.05) is 30.9 Å². The largest absolute Gasteiger partial charge is 0.492 e. The van der Waals surface area contributed by atoms with Crippen molar-refractivity contribution in [2.24, 2.45) is 0 Å². The van der Waals surface area contributed by atoms with Crippen molar-refractivity contribution in [3.8, 4) is 5.75 Å². The topological polar surface area (TPSA) is 49.8 Å². The summed E-state index contributed by atoms with van der Waals surface area (Å²) in [5.74, 6) is 0.706. The first-order chi connectivity index (χ1) is 10.7. The van der Waals surface area contributed by atoms with E-state index >= 15 is 0 Å². The maximum absolute atomic E-state index is 12.6. The Kier molecular flexibility index (Phi) is 4.89. The fourth-order valence-corrected chi connectivity index (χ4v) is 3.68. The summed E-state index contributed by atoms with van der Waals surface area (Å²) in [6, 6.07) is 3.94. The molecule has 0 aromatic heterocycles. The summed E-state index contributed by atoms with van der Waals surface area (Å²) in [4.78, 5) is 14.6. The molecule has 22 heavy (non-hydrogen) atoms. The summed E-state index contributed by atoms with van der Waals surface area (Å²) in [5, 5.41) is 9.36. The van der Waals surface area contributed by atoms with E-state index in [0.29, 0.717) is 41.9 Å². The number of ether oxygens (including phenoxy) is 1. The molecule has 3 rings (SSSR count). The Hall–Kier alpha value is -1.26. The molecule has 1 N–H and O–H groups in total. The maximum atomic E-state index is 12.6. The van der Waals surface area contributed by atoms with Gasteiger partial charge in [0.1, 0.15) is 5.75 Å². The highest BCUT2D eigenvalue weighted by Gasteiger charge is 2.35. The first kappa shape index (κ1) is 15.6. The number of nitrogens with zero attached hydrogens (tertiary/aromatic N) is 1. The van der Waals surface area contributed by atoms with Crippen LogP contribution >= 0.6 is 11.6 Å². The molecule has 2 aliphatic rings. The lowest BCUT2D eigenvalue weighted by Gasteiger charge is -2.30. The summed E-state index contributed by atoms with van der Waals surface area (Å²) in [6.45, 7) is 1.11. The van der Waals surface area contributed by atoms with Crippen molar-refractivity contribution in [2.45, 2.75) is 51.1 Å². The number of carbonyl (C=O) groups excluding carboxylic acids is 1. The number of aliphatic hydroxyl groups excluding tert-OH is 1. The number of fused-ring (bicyclic) bond motifs is 1. The molecule has 0 unspecified atom stereocenters. The van der Waals surface area contributed by atoms with Gasteiger partial charge in [0.05, 0.1) is 11.6 Å². The second kappa shape index (κ2) is 6.88. The normalized spacial score (nSPS) is 18.6. The predicted molar refractivity (Wildman–Crippen MR) is 85.4 cm³/mol. The van der Waals surface area contributed by atoms with Crippen molar-refractivity contribution in [2.75, 3.05) is 13.2 Å². The summed E-state index contributed by atoms with van der Waals surface area (Å²) < 4.78 is 5.60. The molecule has 1 aromatic rings. The highest BCUT2D eigenvalue weighted by molar-refractivity contribution is 6.33. The average molecular weight is 324 g/mol. The Labute approximate surface area is 136 Å². The fourth-order valence-electron chi connectivity index (χ4n) is 3.40. The van der Waals surface area contributed by atoms with Crippen LogP contribution in [0.1, 0.15) is 54.4 Å². The van der Waals surface area contributed by atoms with Crippen LogP contribution in [0.25, 0.3) is 0 Å². The summed E-state index contributed by atoms with van der Waals surface area (Å²) in [6.07, 6.45) is 6.44. The molecule has 4 nitrogen and oxygen atoms in total. The predicted octanol–water partition coefficient (Wildman–Crippen LogP) is 3.39. The molecule has 5 heteroatoms. The van der Waals surface area contributed by atoms with Crippen LogP contribution in [-0.2, 0) is 6.54 Å². The van der Waals surface area contributed by atoms with Gasteiger partial charge in [0.15, 0.2) is 0 Å². The molecule has 0 saturated heterocycles. The minimum Gasteiger partial charge on any atom is -0.492 e. The lowest BCUT2D eigenvalue weighted by Crippen LogP contribution is -2.36. The van der Waals surface area contributed by atoms with Crippen molar-refractivity contribution < 1.29 is 14.6 Å². The van der Waals surface area contributed by atoms with Crippen LogP contribution in [0.3, 0.4) is 0 Å². The number of benzene rings is 1. The third-order valence-electron chi connectivity index (χ3n) is 4.60. The van der Waals surface area contributed by atoms with Crippen LogP contribution in [0.4, 0.5) is 0 Å². The molecule has 1 aliphatic carbocycles. The quantitative estimate of drug-likeness (QED) is 0.845. The zero-order chi connectivity index (χ0) is 15.5. The maximum Gasteiger partial charge on any atom is 0.254 e. The van der Waals surface area contributed by atoms with Gasteiger partial charge in [0, 0.05) is 36.7 Å². The highest BCUT2D eigenvalue weighted by Crippen LogP contribution is 2.38. The standard InChI is InChI=1S/C17H22ClNO3/c18-16-14-11-19(12-5-2-1-3-6-12)17(21)13(14)7-8-15(16)22-10-4-9-20/h7-8,12,20H,1-6,9-11H2. The van der Waals surface area contributed by atoms with Crippen LogP contribution in [-0.4, -0.2) is 35.2 Å². The number of aliphatic hydroxyl groups is 1. The number of rotatable bonds is 5. The Morgan fingerprint density at radius 1 is 1.27 bits per heavy atom. The smallest absolute Gasteiger partial charge is 0.254 e. The van der Waals surface area contributed by atoms with Gasteiger partial charge in [-0.3, -0.25) is 4.79 Å². The zero-order valence-electron chi connectivity index (χ0n) is 12.7. The van der Waals surface area contributed by atoms with E-state index in [1.807, 2.05) is 11.0 Å². The number of hydrogen-bond acceptors (Lipinski definition) is 3. The van der Waals surface area contributed by atoms with Crippen molar-refractivity contribution >= 4 is 17.5 Å². The Morgan fingerprint density at radius 2 is 2.05 bits per heavy atom. The van der Waals surface area contributed by atoms with Gasteiger partial charge in [0.2, 0.25) is 0 Å². The van der Waals surface area contributed by atoms with Crippen molar-refractivity contribution in [3.63, 3.8) is 0 Å². The van der Waals surface area contributed by atoms with E-state index in [4.69, 9.17) is 21.4 Å². The van der Waals surface area contributed by atoms with Gasteiger partial charge in [-0.05, 0) is 25.0 Å². The molecule has 1 aliphatic heterocycles. The molecule has 1 fully saturated rings. The first-order valence-electron chi connectivity index (χ1n) is 8.08. The number of carbonyl (C=O) groups is 1. The lowest BCUT2D eigenvalue weighted by atomic mass is 9.94. The van der Waals surface area contributed by atoms with E-state index in [9.17, 15) is 4.79 Å². The third-order valence-corrected chi connectivity index (χ3v) is 5.02. The van der Waals surface area contributed by atoms with Crippen molar-refractivity contribution in [1.29, 1.82) is 0 Å². The third kappa shape index (κ3) is 2.95. The van der Waals surface area contributed by atoms with E-state index in [1.54, 1.807) is 6.07 Å². The zero-order valence-corrected chi connectivity index (χ0v) is 13.4. The average Bonchev–Trinajstić information content (AvgIpc) is 2.89. The molecule has 0 spiro atoms. The van der Waals surface area contributed by atoms with Gasteiger partial charge in [-0.2, -0.15) is 0 Å². The van der Waals surface area contributed by atoms with Crippen LogP contribution in [0.2, 0.25) is 5.02 Å². The lowest BCUT2D eigenvalue weighted by molar-refractivity contribution is 0.0660.